The normalized spacial score (nSPS) is 14.1. The molecule has 0 unspecified atom stereocenters. The van der Waals surface area contributed by atoms with Gasteiger partial charge >= 0.3 is 12.0 Å². The van der Waals surface area contributed by atoms with E-state index >= 15 is 0 Å². The number of urea groups is 1. The second-order valence-corrected chi connectivity index (χ2v) is 6.61. The van der Waals surface area contributed by atoms with Gasteiger partial charge < -0.3 is 10.5 Å². The Balaban J connectivity index is 2.14. The molecule has 5 amide bonds. The summed E-state index contributed by atoms with van der Waals surface area (Å²) in [5, 5.41) is 1.80. The second-order valence-electron chi connectivity index (χ2n) is 6.61. The molecule has 2 rings (SSSR count). The van der Waals surface area contributed by atoms with Crippen LogP contribution in [0.25, 0.3) is 0 Å². The number of carbonyl (C=O) groups excluding carboxylic acids is 5. The zero-order valence-corrected chi connectivity index (χ0v) is 15.3. The Morgan fingerprint density at radius 3 is 2.33 bits per heavy atom. The van der Waals surface area contributed by atoms with Crippen molar-refractivity contribution >= 4 is 29.7 Å². The number of esters is 1. The van der Waals surface area contributed by atoms with E-state index in [0.717, 1.165) is 4.90 Å². The summed E-state index contributed by atoms with van der Waals surface area (Å²) in [7, 11) is 0. The molecule has 0 fully saturated rings. The Morgan fingerprint density at radius 2 is 1.74 bits per heavy atom. The molecule has 0 aliphatic carbocycles. The van der Waals surface area contributed by atoms with Crippen LogP contribution in [0.2, 0.25) is 0 Å². The summed E-state index contributed by atoms with van der Waals surface area (Å²) < 4.78 is 4.96. The Kier molecular flexibility index (Phi) is 5.94. The molecule has 1 aliphatic heterocycles. The molecule has 144 valence electrons. The van der Waals surface area contributed by atoms with Crippen LogP contribution in [0.3, 0.4) is 0 Å². The molecule has 1 heterocycles. The maximum atomic E-state index is 12.5. The van der Waals surface area contributed by atoms with Gasteiger partial charge in [-0.3, -0.25) is 24.6 Å². The van der Waals surface area contributed by atoms with Gasteiger partial charge in [0.05, 0.1) is 16.7 Å². The van der Waals surface area contributed by atoms with E-state index in [1.54, 1.807) is 5.32 Å². The van der Waals surface area contributed by atoms with Crippen molar-refractivity contribution < 1.29 is 28.7 Å². The van der Waals surface area contributed by atoms with E-state index < -0.39 is 35.8 Å². The molecule has 0 saturated carbocycles. The molecule has 1 aromatic carbocycles. The molecule has 0 bridgehead atoms. The zero-order valence-electron chi connectivity index (χ0n) is 15.3. The summed E-state index contributed by atoms with van der Waals surface area (Å²) in [5.74, 6) is -2.28. The quantitative estimate of drug-likeness (QED) is 0.564. The SMILES string of the molecule is CC(C)CCN1C(=O)c2ccc(C(=O)O[C@H](C)C(=O)NC(N)=O)cc2C1=O. The fourth-order valence-corrected chi connectivity index (χ4v) is 2.51. The zero-order chi connectivity index (χ0) is 20.3. The molecule has 9 heteroatoms. The highest BCUT2D eigenvalue weighted by atomic mass is 16.5. The first-order valence-electron chi connectivity index (χ1n) is 8.43. The van der Waals surface area contributed by atoms with E-state index in [1.807, 2.05) is 13.8 Å². The molecule has 3 N–H and O–H groups in total. The van der Waals surface area contributed by atoms with Gasteiger partial charge in [-0.2, -0.15) is 0 Å². The third-order valence-electron chi connectivity index (χ3n) is 4.04. The molecule has 0 saturated heterocycles. The first-order valence-corrected chi connectivity index (χ1v) is 8.43. The van der Waals surface area contributed by atoms with E-state index in [2.05, 4.69) is 0 Å². The van der Waals surface area contributed by atoms with Gasteiger partial charge in [-0.25, -0.2) is 9.59 Å². The van der Waals surface area contributed by atoms with Crippen molar-refractivity contribution in [2.75, 3.05) is 6.54 Å². The fraction of sp³-hybridized carbons (Fsp3) is 0.389. The molecule has 0 radical (unpaired) electrons. The van der Waals surface area contributed by atoms with Crippen LogP contribution >= 0.6 is 0 Å². The minimum absolute atomic E-state index is 0.0133. The number of ether oxygens (including phenoxy) is 1. The van der Waals surface area contributed by atoms with Crippen molar-refractivity contribution in [3.05, 3.63) is 34.9 Å². The van der Waals surface area contributed by atoms with Crippen LogP contribution in [0.15, 0.2) is 18.2 Å². The van der Waals surface area contributed by atoms with Crippen molar-refractivity contribution in [3.8, 4) is 0 Å². The lowest BCUT2D eigenvalue weighted by atomic mass is 10.1. The Morgan fingerprint density at radius 1 is 1.11 bits per heavy atom. The Bertz CT molecular complexity index is 817. The fourth-order valence-electron chi connectivity index (χ4n) is 2.51. The van der Waals surface area contributed by atoms with Gasteiger partial charge in [0.1, 0.15) is 0 Å². The minimum atomic E-state index is -1.27. The summed E-state index contributed by atoms with van der Waals surface area (Å²) >= 11 is 0. The lowest BCUT2D eigenvalue weighted by molar-refractivity contribution is -0.127. The van der Waals surface area contributed by atoms with E-state index in [9.17, 15) is 24.0 Å². The van der Waals surface area contributed by atoms with Crippen molar-refractivity contribution in [2.45, 2.75) is 33.3 Å². The van der Waals surface area contributed by atoms with Gasteiger partial charge in [-0.15, -0.1) is 0 Å². The predicted molar refractivity (Wildman–Crippen MR) is 93.9 cm³/mol. The summed E-state index contributed by atoms with van der Waals surface area (Å²) in [4.78, 5) is 60.4. The number of nitrogens with one attached hydrogen (secondary N) is 1. The highest BCUT2D eigenvalue weighted by Gasteiger charge is 2.36. The number of fused-ring (bicyclic) bond motifs is 1. The molecular weight excluding hydrogens is 354 g/mol. The maximum Gasteiger partial charge on any atom is 0.338 e. The highest BCUT2D eigenvalue weighted by molar-refractivity contribution is 6.22. The van der Waals surface area contributed by atoms with Crippen molar-refractivity contribution in [3.63, 3.8) is 0 Å². The Hall–Kier alpha value is -3.23. The standard InChI is InChI=1S/C18H21N3O6/c1-9(2)6-7-21-15(23)12-5-4-11(8-13(12)16(21)24)17(25)27-10(3)14(22)20-18(19)26/h4-5,8-10H,6-7H2,1-3H3,(H3,19,20,22,26)/t10-/m1/s1. The third-order valence-corrected chi connectivity index (χ3v) is 4.04. The van der Waals surface area contributed by atoms with Gasteiger partial charge in [0.15, 0.2) is 6.10 Å². The number of hydrogen-bond acceptors (Lipinski definition) is 6. The molecule has 9 nitrogen and oxygen atoms in total. The summed E-state index contributed by atoms with van der Waals surface area (Å²) in [5.41, 5.74) is 5.19. The van der Waals surface area contributed by atoms with Crippen LogP contribution in [-0.2, 0) is 9.53 Å². The number of benzene rings is 1. The smallest absolute Gasteiger partial charge is 0.338 e. The lowest BCUT2D eigenvalue weighted by Crippen LogP contribution is -2.42. The van der Waals surface area contributed by atoms with Crippen LogP contribution in [0.5, 0.6) is 0 Å². The maximum absolute atomic E-state index is 12.5. The van der Waals surface area contributed by atoms with E-state index in [0.29, 0.717) is 18.9 Å². The van der Waals surface area contributed by atoms with E-state index in [4.69, 9.17) is 10.5 Å². The number of nitrogens with two attached hydrogens (primary N) is 1. The van der Waals surface area contributed by atoms with Crippen LogP contribution in [0.1, 0.15) is 58.3 Å². The monoisotopic (exact) mass is 375 g/mol. The highest BCUT2D eigenvalue weighted by Crippen LogP contribution is 2.25. The second kappa shape index (κ2) is 7.98. The number of imide groups is 2. The average molecular weight is 375 g/mol. The molecule has 1 aliphatic rings. The van der Waals surface area contributed by atoms with E-state index in [1.165, 1.54) is 25.1 Å². The third kappa shape index (κ3) is 4.49. The first-order chi connectivity index (χ1) is 12.6. The largest absolute Gasteiger partial charge is 0.449 e. The van der Waals surface area contributed by atoms with Gasteiger partial charge in [0.2, 0.25) is 0 Å². The van der Waals surface area contributed by atoms with Crippen molar-refractivity contribution in [1.82, 2.24) is 10.2 Å². The number of amides is 5. The summed E-state index contributed by atoms with van der Waals surface area (Å²) in [6, 6.07) is 2.93. The van der Waals surface area contributed by atoms with Crippen LogP contribution in [0.4, 0.5) is 4.79 Å². The first kappa shape index (κ1) is 20.1. The van der Waals surface area contributed by atoms with Crippen molar-refractivity contribution in [2.24, 2.45) is 11.7 Å². The molecular formula is C18H21N3O6. The molecule has 0 spiro atoms. The van der Waals surface area contributed by atoms with Gasteiger partial charge in [-0.1, -0.05) is 13.8 Å². The van der Waals surface area contributed by atoms with Gasteiger partial charge in [0, 0.05) is 6.54 Å². The van der Waals surface area contributed by atoms with Gasteiger partial charge in [0.25, 0.3) is 17.7 Å². The molecule has 0 aromatic heterocycles. The molecule has 1 aromatic rings. The lowest BCUT2D eigenvalue weighted by Gasteiger charge is -2.14. The topological polar surface area (TPSA) is 136 Å². The summed E-state index contributed by atoms with van der Waals surface area (Å²) in [6.45, 7) is 5.55. The van der Waals surface area contributed by atoms with Crippen LogP contribution < -0.4 is 11.1 Å². The van der Waals surface area contributed by atoms with Crippen LogP contribution in [-0.4, -0.2) is 47.3 Å². The average Bonchev–Trinajstić information content (AvgIpc) is 2.82. The predicted octanol–water partition coefficient (Wildman–Crippen LogP) is 1.07. The Labute approximate surface area is 155 Å². The minimum Gasteiger partial charge on any atom is -0.449 e. The molecule has 1 atom stereocenters. The number of carbonyl (C=O) groups is 5. The number of rotatable bonds is 6. The molecule has 27 heavy (non-hydrogen) atoms. The number of hydrogen-bond donors (Lipinski definition) is 2. The van der Waals surface area contributed by atoms with E-state index in [-0.39, 0.29) is 16.7 Å². The van der Waals surface area contributed by atoms with Gasteiger partial charge in [-0.05, 0) is 37.5 Å². The van der Waals surface area contributed by atoms with Crippen molar-refractivity contribution in [1.29, 1.82) is 0 Å². The summed E-state index contributed by atoms with van der Waals surface area (Å²) in [6.07, 6.45) is -0.592. The van der Waals surface area contributed by atoms with Crippen LogP contribution in [0, 0.1) is 5.92 Å². The number of nitrogens with zero attached hydrogens (tertiary/aromatic N) is 1. The number of primary amides is 1.